The molecule has 1 atom stereocenters. The standard InChI is InChI=1S/C20H18F2N4O2/c21-20(22)9-16(10-23)26(13-20)18(27)12-25-19(28)17-6-7-24-11-15(17)8-14-4-2-1-3-5-14/h1-7,11,16H,8-9,12-13H2,(H,25,28)/t16-/m0/s1. The Hall–Kier alpha value is -3.34. The SMILES string of the molecule is N#C[C@@H]1CC(F)(F)CN1C(=O)CNC(=O)c1ccncc1Cc1ccccc1. The molecule has 3 rings (SSSR count). The molecule has 144 valence electrons. The number of halogens is 2. The van der Waals surface area contributed by atoms with Crippen LogP contribution in [-0.4, -0.2) is 46.8 Å². The van der Waals surface area contributed by atoms with Crippen molar-refractivity contribution in [2.24, 2.45) is 0 Å². The van der Waals surface area contributed by atoms with Gasteiger partial charge in [-0.15, -0.1) is 0 Å². The Labute approximate surface area is 160 Å². The van der Waals surface area contributed by atoms with Gasteiger partial charge in [-0.05, 0) is 23.6 Å². The van der Waals surface area contributed by atoms with E-state index in [4.69, 9.17) is 5.26 Å². The summed E-state index contributed by atoms with van der Waals surface area (Å²) in [6.07, 6.45) is 2.85. The number of carbonyl (C=O) groups is 2. The van der Waals surface area contributed by atoms with E-state index in [1.54, 1.807) is 18.3 Å². The highest BCUT2D eigenvalue weighted by molar-refractivity contribution is 5.97. The summed E-state index contributed by atoms with van der Waals surface area (Å²) in [5.74, 6) is -4.30. The molecule has 1 fully saturated rings. The van der Waals surface area contributed by atoms with Gasteiger partial charge in [0, 0.05) is 24.4 Å². The summed E-state index contributed by atoms with van der Waals surface area (Å²) in [6.45, 7) is -1.27. The number of aromatic nitrogens is 1. The number of likely N-dealkylation sites (tertiary alicyclic amines) is 1. The van der Waals surface area contributed by atoms with Crippen molar-refractivity contribution in [2.45, 2.75) is 24.8 Å². The van der Waals surface area contributed by atoms with Crippen molar-refractivity contribution < 1.29 is 18.4 Å². The number of carbonyl (C=O) groups excluding carboxylic acids is 2. The van der Waals surface area contributed by atoms with Crippen LogP contribution in [0.25, 0.3) is 0 Å². The van der Waals surface area contributed by atoms with Crippen LogP contribution < -0.4 is 5.32 Å². The summed E-state index contributed by atoms with van der Waals surface area (Å²) < 4.78 is 27.0. The van der Waals surface area contributed by atoms with E-state index < -0.39 is 43.3 Å². The second-order valence-corrected chi connectivity index (χ2v) is 6.60. The first-order chi connectivity index (χ1) is 13.4. The molecule has 8 heteroatoms. The molecule has 1 saturated heterocycles. The second-order valence-electron chi connectivity index (χ2n) is 6.60. The molecule has 0 unspecified atom stereocenters. The van der Waals surface area contributed by atoms with Crippen LogP contribution in [0.5, 0.6) is 0 Å². The first-order valence-corrected chi connectivity index (χ1v) is 8.71. The number of pyridine rings is 1. The van der Waals surface area contributed by atoms with Crippen LogP contribution in [0.1, 0.15) is 27.9 Å². The van der Waals surface area contributed by atoms with Gasteiger partial charge in [-0.2, -0.15) is 5.26 Å². The zero-order valence-electron chi connectivity index (χ0n) is 14.9. The lowest BCUT2D eigenvalue weighted by Crippen LogP contribution is -2.43. The number of nitrogens with one attached hydrogen (secondary N) is 1. The van der Waals surface area contributed by atoms with Gasteiger partial charge in [0.1, 0.15) is 6.04 Å². The fourth-order valence-corrected chi connectivity index (χ4v) is 3.15. The molecule has 2 amide bonds. The van der Waals surface area contributed by atoms with Crippen LogP contribution in [0.2, 0.25) is 0 Å². The van der Waals surface area contributed by atoms with E-state index in [-0.39, 0.29) is 0 Å². The third-order valence-electron chi connectivity index (χ3n) is 4.53. The average molecular weight is 384 g/mol. The number of nitriles is 1. The number of amides is 2. The van der Waals surface area contributed by atoms with Gasteiger partial charge in [0.05, 0.1) is 19.2 Å². The van der Waals surface area contributed by atoms with Crippen molar-refractivity contribution >= 4 is 11.8 Å². The molecular weight excluding hydrogens is 366 g/mol. The Bertz CT molecular complexity index is 912. The van der Waals surface area contributed by atoms with Crippen molar-refractivity contribution in [1.29, 1.82) is 5.26 Å². The molecule has 2 heterocycles. The molecule has 1 aromatic carbocycles. The van der Waals surface area contributed by atoms with E-state index in [0.29, 0.717) is 17.5 Å². The maximum atomic E-state index is 13.5. The number of rotatable bonds is 5. The number of alkyl halides is 2. The fraction of sp³-hybridized carbons (Fsp3) is 0.300. The lowest BCUT2D eigenvalue weighted by atomic mass is 10.0. The summed E-state index contributed by atoms with van der Waals surface area (Å²) in [4.78, 5) is 29.6. The molecule has 6 nitrogen and oxygen atoms in total. The Balaban J connectivity index is 1.66. The van der Waals surface area contributed by atoms with Gasteiger partial charge in [-0.25, -0.2) is 8.78 Å². The fourth-order valence-electron chi connectivity index (χ4n) is 3.15. The number of benzene rings is 1. The van der Waals surface area contributed by atoms with Crippen LogP contribution in [0, 0.1) is 11.3 Å². The minimum absolute atomic E-state index is 0.357. The maximum Gasteiger partial charge on any atom is 0.268 e. The molecule has 1 aliphatic heterocycles. The zero-order chi connectivity index (χ0) is 20.1. The lowest BCUT2D eigenvalue weighted by molar-refractivity contribution is -0.131. The molecule has 0 spiro atoms. The Kier molecular flexibility index (Phi) is 5.64. The normalized spacial score (nSPS) is 17.8. The molecular formula is C20H18F2N4O2. The highest BCUT2D eigenvalue weighted by Gasteiger charge is 2.47. The summed E-state index contributed by atoms with van der Waals surface area (Å²) in [7, 11) is 0. The smallest absolute Gasteiger partial charge is 0.268 e. The van der Waals surface area contributed by atoms with E-state index in [2.05, 4.69) is 10.3 Å². The average Bonchev–Trinajstić information content (AvgIpc) is 3.02. The third-order valence-corrected chi connectivity index (χ3v) is 4.53. The van der Waals surface area contributed by atoms with Crippen LogP contribution in [-0.2, 0) is 11.2 Å². The largest absolute Gasteiger partial charge is 0.343 e. The van der Waals surface area contributed by atoms with Gasteiger partial charge in [-0.3, -0.25) is 14.6 Å². The van der Waals surface area contributed by atoms with Crippen LogP contribution in [0.15, 0.2) is 48.8 Å². The predicted molar refractivity (Wildman–Crippen MR) is 96.5 cm³/mol. The first kappa shape index (κ1) is 19.4. The van der Waals surface area contributed by atoms with Gasteiger partial charge in [-0.1, -0.05) is 30.3 Å². The van der Waals surface area contributed by atoms with E-state index in [1.165, 1.54) is 6.20 Å². The second kappa shape index (κ2) is 8.13. The van der Waals surface area contributed by atoms with Crippen molar-refractivity contribution in [3.05, 3.63) is 65.5 Å². The molecule has 1 aliphatic rings. The monoisotopic (exact) mass is 384 g/mol. The number of hydrogen-bond acceptors (Lipinski definition) is 4. The van der Waals surface area contributed by atoms with E-state index >= 15 is 0 Å². The molecule has 0 bridgehead atoms. The molecule has 2 aromatic rings. The molecule has 1 N–H and O–H groups in total. The zero-order valence-corrected chi connectivity index (χ0v) is 14.9. The van der Waals surface area contributed by atoms with Crippen LogP contribution in [0.3, 0.4) is 0 Å². The molecule has 0 saturated carbocycles. The van der Waals surface area contributed by atoms with Crippen LogP contribution >= 0.6 is 0 Å². The van der Waals surface area contributed by atoms with Gasteiger partial charge >= 0.3 is 0 Å². The topological polar surface area (TPSA) is 86.1 Å². The van der Waals surface area contributed by atoms with Gasteiger partial charge < -0.3 is 10.2 Å². The molecule has 0 radical (unpaired) electrons. The van der Waals surface area contributed by atoms with Gasteiger partial charge in [0.25, 0.3) is 11.8 Å². The maximum absolute atomic E-state index is 13.5. The summed E-state index contributed by atoms with van der Waals surface area (Å²) in [5.41, 5.74) is 2.04. The predicted octanol–water partition coefficient (Wildman–Crippen LogP) is 2.16. The van der Waals surface area contributed by atoms with Crippen molar-refractivity contribution in [1.82, 2.24) is 15.2 Å². The lowest BCUT2D eigenvalue weighted by Gasteiger charge is -2.19. The van der Waals surface area contributed by atoms with Gasteiger partial charge in [0.15, 0.2) is 0 Å². The van der Waals surface area contributed by atoms with E-state index in [0.717, 1.165) is 10.5 Å². The Morgan fingerprint density at radius 1 is 1.29 bits per heavy atom. The van der Waals surface area contributed by atoms with Crippen molar-refractivity contribution in [3.8, 4) is 6.07 Å². The minimum Gasteiger partial charge on any atom is -0.343 e. The van der Waals surface area contributed by atoms with Gasteiger partial charge in [0.2, 0.25) is 5.91 Å². The summed E-state index contributed by atoms with van der Waals surface area (Å²) in [5, 5.41) is 11.4. The quantitative estimate of drug-likeness (QED) is 0.856. The summed E-state index contributed by atoms with van der Waals surface area (Å²) in [6, 6.07) is 11.6. The minimum atomic E-state index is -3.09. The van der Waals surface area contributed by atoms with E-state index in [9.17, 15) is 18.4 Å². The van der Waals surface area contributed by atoms with Crippen molar-refractivity contribution in [3.63, 3.8) is 0 Å². The Morgan fingerprint density at radius 2 is 2.04 bits per heavy atom. The molecule has 0 aliphatic carbocycles. The number of hydrogen-bond donors (Lipinski definition) is 1. The molecule has 28 heavy (non-hydrogen) atoms. The highest BCUT2D eigenvalue weighted by atomic mass is 19.3. The van der Waals surface area contributed by atoms with Crippen LogP contribution in [0.4, 0.5) is 8.78 Å². The highest BCUT2D eigenvalue weighted by Crippen LogP contribution is 2.31. The number of nitrogens with zero attached hydrogens (tertiary/aromatic N) is 3. The Morgan fingerprint density at radius 3 is 2.75 bits per heavy atom. The third kappa shape index (κ3) is 4.49. The van der Waals surface area contributed by atoms with E-state index in [1.807, 2.05) is 30.3 Å². The summed E-state index contributed by atoms with van der Waals surface area (Å²) >= 11 is 0. The first-order valence-electron chi connectivity index (χ1n) is 8.71. The molecule has 1 aromatic heterocycles. The van der Waals surface area contributed by atoms with Crippen molar-refractivity contribution in [2.75, 3.05) is 13.1 Å².